The van der Waals surface area contributed by atoms with Crippen LogP contribution in [0.3, 0.4) is 0 Å². The quantitative estimate of drug-likeness (QED) is 0.203. The molecule has 0 bridgehead atoms. The van der Waals surface area contributed by atoms with Gasteiger partial charge in [0, 0.05) is 35.5 Å². The van der Waals surface area contributed by atoms with Crippen molar-refractivity contribution in [2.75, 3.05) is 31.6 Å². The minimum Gasteiger partial charge on any atom is -0.492 e. The van der Waals surface area contributed by atoms with Crippen molar-refractivity contribution in [2.45, 2.75) is 0 Å². The number of nitrogens with two attached hydrogens (primary N) is 2. The molecular weight excluding hydrogens is 566 g/mol. The van der Waals surface area contributed by atoms with Gasteiger partial charge in [0.2, 0.25) is 0 Å². The van der Waals surface area contributed by atoms with E-state index < -0.39 is 17.5 Å². The Morgan fingerprint density at radius 2 is 1.25 bits per heavy atom. The topological polar surface area (TPSA) is 99.6 Å². The third kappa shape index (κ3) is 7.89. The third-order valence-corrected chi connectivity index (χ3v) is 5.62. The molecule has 5 N–H and O–H groups in total. The minimum absolute atomic E-state index is 0. The number of hydrogen-bond acceptors (Lipinski definition) is 5. The number of carbonyl (C=O) groups excluding carboxylic acids is 1. The molecule has 0 fully saturated rings. The Labute approximate surface area is 242 Å². The van der Waals surface area contributed by atoms with Crippen molar-refractivity contribution in [3.8, 4) is 33.8 Å². The van der Waals surface area contributed by atoms with Crippen molar-refractivity contribution in [3.63, 3.8) is 0 Å². The summed E-state index contributed by atoms with van der Waals surface area (Å²) in [5.41, 5.74) is 13.9. The highest BCUT2D eigenvalue weighted by atomic mass is 35.5. The number of anilines is 1. The van der Waals surface area contributed by atoms with E-state index in [2.05, 4.69) is 5.32 Å². The van der Waals surface area contributed by atoms with Crippen LogP contribution in [-0.4, -0.2) is 32.2 Å². The van der Waals surface area contributed by atoms with E-state index in [1.54, 1.807) is 42.5 Å². The van der Waals surface area contributed by atoms with Gasteiger partial charge < -0.3 is 26.3 Å². The van der Waals surface area contributed by atoms with E-state index in [4.69, 9.17) is 20.9 Å². The molecule has 0 aliphatic rings. The summed E-state index contributed by atoms with van der Waals surface area (Å²) in [6, 6.07) is 19.1. The molecule has 0 saturated heterocycles. The van der Waals surface area contributed by atoms with Gasteiger partial charge in [-0.3, -0.25) is 4.79 Å². The van der Waals surface area contributed by atoms with Crippen molar-refractivity contribution in [1.82, 2.24) is 0 Å². The number of nitrogens with one attached hydrogen (secondary N) is 1. The van der Waals surface area contributed by atoms with E-state index in [1.807, 2.05) is 0 Å². The first-order chi connectivity index (χ1) is 18.4. The molecule has 0 saturated carbocycles. The fourth-order valence-electron chi connectivity index (χ4n) is 3.82. The van der Waals surface area contributed by atoms with E-state index in [1.165, 1.54) is 24.3 Å². The Hall–Kier alpha value is -3.76. The molecule has 4 aromatic rings. The van der Waals surface area contributed by atoms with E-state index in [-0.39, 0.29) is 56.0 Å². The van der Waals surface area contributed by atoms with Crippen molar-refractivity contribution in [3.05, 3.63) is 102 Å². The number of carbonyl (C=O) groups is 1. The second-order valence-corrected chi connectivity index (χ2v) is 8.29. The number of rotatable bonds is 10. The lowest BCUT2D eigenvalue weighted by atomic mass is 10.0. The molecule has 0 unspecified atom stereocenters. The van der Waals surface area contributed by atoms with Crippen LogP contribution < -0.4 is 26.3 Å². The molecule has 0 aromatic heterocycles. The molecule has 11 heteroatoms. The van der Waals surface area contributed by atoms with E-state index in [0.717, 1.165) is 12.1 Å². The van der Waals surface area contributed by atoms with Crippen LogP contribution in [0.25, 0.3) is 22.3 Å². The van der Waals surface area contributed by atoms with Crippen LogP contribution in [0.1, 0.15) is 10.4 Å². The average Bonchev–Trinajstić information content (AvgIpc) is 2.93. The number of amides is 1. The summed E-state index contributed by atoms with van der Waals surface area (Å²) in [7, 11) is 0. The lowest BCUT2D eigenvalue weighted by Gasteiger charge is -2.15. The molecule has 0 heterocycles. The van der Waals surface area contributed by atoms with Crippen LogP contribution in [0.15, 0.2) is 78.9 Å². The average molecular weight is 594 g/mol. The summed E-state index contributed by atoms with van der Waals surface area (Å²) in [6.07, 6.45) is 0. The molecule has 0 radical (unpaired) electrons. The summed E-state index contributed by atoms with van der Waals surface area (Å²) in [5, 5.41) is 2.84. The predicted molar refractivity (Wildman–Crippen MR) is 155 cm³/mol. The lowest BCUT2D eigenvalue weighted by Crippen LogP contribution is -2.14. The fraction of sp³-hybridized carbons (Fsp3) is 0.138. The molecule has 0 aliphatic heterocycles. The molecule has 4 rings (SSSR count). The first-order valence-electron chi connectivity index (χ1n) is 11.9. The summed E-state index contributed by atoms with van der Waals surface area (Å²) in [4.78, 5) is 13.2. The molecule has 212 valence electrons. The Balaban J connectivity index is 0.00000280. The van der Waals surface area contributed by atoms with Gasteiger partial charge >= 0.3 is 0 Å². The van der Waals surface area contributed by atoms with E-state index in [9.17, 15) is 18.0 Å². The highest BCUT2D eigenvalue weighted by molar-refractivity contribution is 6.05. The second kappa shape index (κ2) is 15.1. The van der Waals surface area contributed by atoms with Crippen LogP contribution in [0.2, 0.25) is 0 Å². The SMILES string of the molecule is Cl.Cl.NCCOc1ccc(NC(=O)c2ccc(OCCN)c(-c3ccc(F)c(F)c3)c2)cc1-c1ccc(F)cc1. The maximum atomic E-state index is 14.0. The van der Waals surface area contributed by atoms with Crippen molar-refractivity contribution in [1.29, 1.82) is 0 Å². The Kier molecular flexibility index (Phi) is 12.3. The zero-order valence-electron chi connectivity index (χ0n) is 21.2. The summed E-state index contributed by atoms with van der Waals surface area (Å²) >= 11 is 0. The first kappa shape index (κ1) is 32.5. The molecule has 0 aliphatic carbocycles. The Morgan fingerprint density at radius 3 is 1.85 bits per heavy atom. The number of halogens is 5. The van der Waals surface area contributed by atoms with Crippen LogP contribution in [0.4, 0.5) is 18.9 Å². The summed E-state index contributed by atoms with van der Waals surface area (Å²) < 4.78 is 52.3. The van der Waals surface area contributed by atoms with Crippen molar-refractivity contribution in [2.24, 2.45) is 11.5 Å². The van der Waals surface area contributed by atoms with Gasteiger partial charge in [0.25, 0.3) is 5.91 Å². The van der Waals surface area contributed by atoms with Crippen LogP contribution in [0.5, 0.6) is 11.5 Å². The standard InChI is InChI=1S/C29H26F3N3O3.2ClH/c30-21-5-1-18(2-6-21)24-17-22(7-10-28(24)38-14-12-34)35-29(36)20-4-9-27(37-13-11-33)23(15-20)19-3-8-25(31)26(32)16-19;;/h1-10,15-17H,11-14,33-34H2,(H,35,36);2*1H. The van der Waals surface area contributed by atoms with Gasteiger partial charge in [-0.1, -0.05) is 18.2 Å². The van der Waals surface area contributed by atoms with E-state index >= 15 is 0 Å². The highest BCUT2D eigenvalue weighted by Crippen LogP contribution is 2.35. The summed E-state index contributed by atoms with van der Waals surface area (Å²) in [5.74, 6) is -1.92. The van der Waals surface area contributed by atoms with Crippen LogP contribution >= 0.6 is 24.8 Å². The second-order valence-electron chi connectivity index (χ2n) is 8.29. The van der Waals surface area contributed by atoms with Gasteiger partial charge in [-0.15, -0.1) is 24.8 Å². The molecule has 40 heavy (non-hydrogen) atoms. The van der Waals surface area contributed by atoms with Crippen LogP contribution in [-0.2, 0) is 0 Å². The third-order valence-electron chi connectivity index (χ3n) is 5.62. The van der Waals surface area contributed by atoms with Gasteiger partial charge in [0.1, 0.15) is 30.5 Å². The maximum Gasteiger partial charge on any atom is 0.255 e. The highest BCUT2D eigenvalue weighted by Gasteiger charge is 2.16. The summed E-state index contributed by atoms with van der Waals surface area (Å²) in [6.45, 7) is 1.05. The number of hydrogen-bond donors (Lipinski definition) is 3. The monoisotopic (exact) mass is 593 g/mol. The number of ether oxygens (including phenoxy) is 2. The van der Waals surface area contributed by atoms with Gasteiger partial charge in [-0.05, 0) is 71.8 Å². The molecular formula is C29H28Cl2F3N3O3. The largest absolute Gasteiger partial charge is 0.492 e. The maximum absolute atomic E-state index is 14.0. The van der Waals surface area contributed by atoms with Gasteiger partial charge in [-0.25, -0.2) is 13.2 Å². The minimum atomic E-state index is -1.02. The Morgan fingerprint density at radius 1 is 0.675 bits per heavy atom. The van der Waals surface area contributed by atoms with Crippen molar-refractivity contribution < 1.29 is 27.4 Å². The predicted octanol–water partition coefficient (Wildman–Crippen LogP) is 6.21. The van der Waals surface area contributed by atoms with Gasteiger partial charge in [-0.2, -0.15) is 0 Å². The molecule has 1 amide bonds. The number of benzene rings is 4. The van der Waals surface area contributed by atoms with E-state index in [0.29, 0.717) is 46.0 Å². The molecule has 0 spiro atoms. The molecule has 4 aromatic carbocycles. The first-order valence-corrected chi connectivity index (χ1v) is 11.9. The molecule has 6 nitrogen and oxygen atoms in total. The van der Waals surface area contributed by atoms with Gasteiger partial charge in [0.05, 0.1) is 0 Å². The van der Waals surface area contributed by atoms with Crippen LogP contribution in [0, 0.1) is 17.5 Å². The molecule has 0 atom stereocenters. The lowest BCUT2D eigenvalue weighted by molar-refractivity contribution is 0.102. The zero-order chi connectivity index (χ0) is 27.1. The van der Waals surface area contributed by atoms with Crippen molar-refractivity contribution >= 4 is 36.4 Å². The zero-order valence-corrected chi connectivity index (χ0v) is 22.8. The normalized spacial score (nSPS) is 10.2. The Bertz CT molecular complexity index is 1440. The fourth-order valence-corrected chi connectivity index (χ4v) is 3.82. The smallest absolute Gasteiger partial charge is 0.255 e. The van der Waals surface area contributed by atoms with Gasteiger partial charge in [0.15, 0.2) is 11.6 Å².